The molecular weight excluding hydrogens is 431 g/mol. The third-order valence-electron chi connectivity index (χ3n) is 3.85. The van der Waals surface area contributed by atoms with Crippen LogP contribution in [0.5, 0.6) is 0 Å². The van der Waals surface area contributed by atoms with Crippen molar-refractivity contribution < 1.29 is 9.18 Å². The first-order chi connectivity index (χ1) is 13.1. The van der Waals surface area contributed by atoms with Crippen LogP contribution >= 0.6 is 27.7 Å². The fourth-order valence-electron chi connectivity index (χ4n) is 2.56. The van der Waals surface area contributed by atoms with Crippen LogP contribution in [0.2, 0.25) is 0 Å². The van der Waals surface area contributed by atoms with Gasteiger partial charge >= 0.3 is 0 Å². The van der Waals surface area contributed by atoms with Crippen molar-refractivity contribution in [3.63, 3.8) is 0 Å². The Kier molecular flexibility index (Phi) is 6.63. The lowest BCUT2D eigenvalue weighted by Crippen LogP contribution is -2.15. The maximum absolute atomic E-state index is 13.8. The van der Waals surface area contributed by atoms with Gasteiger partial charge in [-0.1, -0.05) is 58.0 Å². The monoisotopic (exact) mass is 448 g/mol. The summed E-state index contributed by atoms with van der Waals surface area (Å²) in [5.41, 5.74) is 1.31. The third-order valence-corrected chi connectivity index (χ3v) is 5.31. The Labute approximate surface area is 169 Å². The number of benzene rings is 2. The zero-order valence-electron chi connectivity index (χ0n) is 14.7. The van der Waals surface area contributed by atoms with Crippen molar-refractivity contribution in [2.75, 3.05) is 11.1 Å². The number of nitrogens with one attached hydrogen (secondary N) is 1. The van der Waals surface area contributed by atoms with E-state index < -0.39 is 5.82 Å². The Morgan fingerprint density at radius 3 is 2.70 bits per heavy atom. The average molecular weight is 449 g/mol. The van der Waals surface area contributed by atoms with E-state index in [2.05, 4.69) is 31.4 Å². The minimum atomic E-state index is -0.482. The van der Waals surface area contributed by atoms with Crippen LogP contribution in [0.15, 0.2) is 58.2 Å². The van der Waals surface area contributed by atoms with E-state index >= 15 is 0 Å². The van der Waals surface area contributed by atoms with E-state index in [1.54, 1.807) is 6.07 Å². The number of hydrogen-bond acceptors (Lipinski definition) is 4. The molecule has 0 aliphatic heterocycles. The Morgan fingerprint density at radius 2 is 2.00 bits per heavy atom. The first kappa shape index (κ1) is 19.6. The summed E-state index contributed by atoms with van der Waals surface area (Å²) < 4.78 is 16.4. The molecule has 0 spiro atoms. The molecule has 8 heteroatoms. The van der Waals surface area contributed by atoms with Gasteiger partial charge in [0.25, 0.3) is 0 Å². The molecule has 1 N–H and O–H groups in total. The zero-order chi connectivity index (χ0) is 19.2. The van der Waals surface area contributed by atoms with Gasteiger partial charge in [0.1, 0.15) is 11.6 Å². The summed E-state index contributed by atoms with van der Waals surface area (Å²) in [7, 11) is 0. The highest BCUT2D eigenvalue weighted by molar-refractivity contribution is 9.10. The molecule has 0 saturated carbocycles. The summed E-state index contributed by atoms with van der Waals surface area (Å²) in [6.45, 7) is 2.72. The molecule has 0 radical (unpaired) electrons. The van der Waals surface area contributed by atoms with Crippen LogP contribution in [0, 0.1) is 5.82 Å². The van der Waals surface area contributed by atoms with Gasteiger partial charge in [-0.15, -0.1) is 10.2 Å². The number of nitrogens with zero attached hydrogens (tertiary/aromatic N) is 3. The number of rotatable bonds is 7. The lowest BCUT2D eigenvalue weighted by atomic mass is 10.1. The van der Waals surface area contributed by atoms with E-state index in [-0.39, 0.29) is 17.3 Å². The molecule has 0 aliphatic rings. The maximum atomic E-state index is 13.8. The number of carbonyl (C=O) groups excluding carboxylic acids is 1. The maximum Gasteiger partial charge on any atom is 0.234 e. The number of thioether (sulfide) groups is 1. The Hall–Kier alpha value is -2.19. The van der Waals surface area contributed by atoms with Crippen molar-refractivity contribution >= 4 is 39.3 Å². The predicted molar refractivity (Wildman–Crippen MR) is 108 cm³/mol. The SMILES string of the molecule is CCn1c(Cc2ccccc2)nnc1SCC(=O)Nc1ccc(Br)cc1F. The van der Waals surface area contributed by atoms with Crippen LogP contribution < -0.4 is 5.32 Å². The largest absolute Gasteiger partial charge is 0.323 e. The summed E-state index contributed by atoms with van der Waals surface area (Å²) in [5, 5.41) is 11.7. The summed E-state index contributed by atoms with van der Waals surface area (Å²) >= 11 is 4.48. The van der Waals surface area contributed by atoms with Crippen molar-refractivity contribution in [2.24, 2.45) is 0 Å². The number of aromatic nitrogens is 3. The fraction of sp³-hybridized carbons (Fsp3) is 0.211. The normalized spacial score (nSPS) is 10.8. The molecule has 1 amide bonds. The minimum absolute atomic E-state index is 0.124. The molecule has 1 heterocycles. The molecule has 140 valence electrons. The third kappa shape index (κ3) is 5.17. The van der Waals surface area contributed by atoms with Crippen molar-refractivity contribution in [3.05, 3.63) is 70.2 Å². The molecule has 5 nitrogen and oxygen atoms in total. The zero-order valence-corrected chi connectivity index (χ0v) is 17.1. The van der Waals surface area contributed by atoms with Crippen molar-refractivity contribution in [3.8, 4) is 0 Å². The molecule has 0 fully saturated rings. The minimum Gasteiger partial charge on any atom is -0.323 e. The second kappa shape index (κ2) is 9.14. The molecule has 2 aromatic carbocycles. The van der Waals surface area contributed by atoms with Gasteiger partial charge in [0, 0.05) is 17.4 Å². The molecule has 3 aromatic rings. The molecular formula is C19H18BrFN4OS. The van der Waals surface area contributed by atoms with Gasteiger partial charge in [0.2, 0.25) is 5.91 Å². The summed E-state index contributed by atoms with van der Waals surface area (Å²) in [5.74, 6) is 0.200. The summed E-state index contributed by atoms with van der Waals surface area (Å²) in [4.78, 5) is 12.2. The Bertz CT molecular complexity index is 933. The second-order valence-corrected chi connectivity index (χ2v) is 7.62. The highest BCUT2D eigenvalue weighted by atomic mass is 79.9. The standard InChI is InChI=1S/C19H18BrFN4OS/c1-2-25-17(10-13-6-4-3-5-7-13)23-24-19(25)27-12-18(26)22-16-9-8-14(20)11-15(16)21/h3-9,11H,2,10,12H2,1H3,(H,22,26). The van der Waals surface area contributed by atoms with E-state index in [0.717, 1.165) is 11.4 Å². The number of amides is 1. The Morgan fingerprint density at radius 1 is 1.22 bits per heavy atom. The number of carbonyl (C=O) groups is 1. The topological polar surface area (TPSA) is 59.8 Å². The quantitative estimate of drug-likeness (QED) is 0.539. The fourth-order valence-corrected chi connectivity index (χ4v) is 3.71. The van der Waals surface area contributed by atoms with Gasteiger partial charge < -0.3 is 9.88 Å². The van der Waals surface area contributed by atoms with Crippen molar-refractivity contribution in [1.29, 1.82) is 0 Å². The van der Waals surface area contributed by atoms with Gasteiger partial charge in [-0.05, 0) is 30.7 Å². The van der Waals surface area contributed by atoms with Crippen LogP contribution in [0.4, 0.5) is 10.1 Å². The number of halogens is 2. The van der Waals surface area contributed by atoms with Gasteiger partial charge in [0.05, 0.1) is 11.4 Å². The molecule has 0 unspecified atom stereocenters. The van der Waals surface area contributed by atoms with E-state index in [1.807, 2.05) is 41.8 Å². The van der Waals surface area contributed by atoms with E-state index in [4.69, 9.17) is 0 Å². The van der Waals surface area contributed by atoms with Crippen LogP contribution in [0.25, 0.3) is 0 Å². The highest BCUT2D eigenvalue weighted by Crippen LogP contribution is 2.21. The molecule has 3 rings (SSSR count). The Balaban J connectivity index is 1.63. The summed E-state index contributed by atoms with van der Waals surface area (Å²) in [6, 6.07) is 14.5. The summed E-state index contributed by atoms with van der Waals surface area (Å²) in [6.07, 6.45) is 0.679. The van der Waals surface area contributed by atoms with Crippen LogP contribution in [-0.2, 0) is 17.8 Å². The predicted octanol–water partition coefficient (Wildman–Crippen LogP) is 4.52. The smallest absolute Gasteiger partial charge is 0.234 e. The van der Waals surface area contributed by atoms with Gasteiger partial charge in [-0.2, -0.15) is 0 Å². The molecule has 0 aliphatic carbocycles. The van der Waals surface area contributed by atoms with Crippen LogP contribution in [0.1, 0.15) is 18.3 Å². The first-order valence-corrected chi connectivity index (χ1v) is 10.2. The van der Waals surface area contributed by atoms with E-state index in [9.17, 15) is 9.18 Å². The number of anilines is 1. The molecule has 0 atom stereocenters. The van der Waals surface area contributed by atoms with Gasteiger partial charge in [-0.25, -0.2) is 4.39 Å². The van der Waals surface area contributed by atoms with E-state index in [1.165, 1.54) is 23.9 Å². The van der Waals surface area contributed by atoms with Gasteiger partial charge in [0.15, 0.2) is 5.16 Å². The number of hydrogen-bond donors (Lipinski definition) is 1. The molecule has 0 saturated heterocycles. The first-order valence-electron chi connectivity index (χ1n) is 8.40. The lowest BCUT2D eigenvalue weighted by Gasteiger charge is -2.08. The van der Waals surface area contributed by atoms with Crippen molar-refractivity contribution in [2.45, 2.75) is 25.0 Å². The highest BCUT2D eigenvalue weighted by Gasteiger charge is 2.14. The molecule has 1 aromatic heterocycles. The van der Waals surface area contributed by atoms with Crippen LogP contribution in [0.3, 0.4) is 0 Å². The average Bonchev–Trinajstić information content (AvgIpc) is 3.04. The second-order valence-electron chi connectivity index (χ2n) is 5.77. The van der Waals surface area contributed by atoms with Crippen molar-refractivity contribution in [1.82, 2.24) is 14.8 Å². The van der Waals surface area contributed by atoms with E-state index in [0.29, 0.717) is 22.6 Å². The molecule has 0 bridgehead atoms. The lowest BCUT2D eigenvalue weighted by molar-refractivity contribution is -0.113. The van der Waals surface area contributed by atoms with Gasteiger partial charge in [-0.3, -0.25) is 4.79 Å². The molecule has 27 heavy (non-hydrogen) atoms. The van der Waals surface area contributed by atoms with Crippen LogP contribution in [-0.4, -0.2) is 26.4 Å².